The van der Waals surface area contributed by atoms with E-state index >= 15 is 0 Å². The average Bonchev–Trinajstić information content (AvgIpc) is 3.44. The summed E-state index contributed by atoms with van der Waals surface area (Å²) in [5, 5.41) is 6.16. The van der Waals surface area contributed by atoms with Crippen LogP contribution in [0.5, 0.6) is 5.75 Å². The number of anilines is 2. The van der Waals surface area contributed by atoms with Crippen LogP contribution in [0, 0.1) is 0 Å². The van der Waals surface area contributed by atoms with Crippen LogP contribution in [0.3, 0.4) is 0 Å². The summed E-state index contributed by atoms with van der Waals surface area (Å²) in [5.41, 5.74) is 3.99. The molecule has 2 N–H and O–H groups in total. The molecule has 0 unspecified atom stereocenters. The van der Waals surface area contributed by atoms with Gasteiger partial charge in [-0.15, -0.1) is 11.3 Å². The van der Waals surface area contributed by atoms with Crippen molar-refractivity contribution in [3.63, 3.8) is 0 Å². The highest BCUT2D eigenvalue weighted by Crippen LogP contribution is 2.39. The topological polar surface area (TPSA) is 103 Å². The molecule has 0 bridgehead atoms. The van der Waals surface area contributed by atoms with Gasteiger partial charge in [0.25, 0.3) is 0 Å². The Bertz CT molecular complexity index is 1360. The molecule has 34 heavy (non-hydrogen) atoms. The number of amides is 2. The second kappa shape index (κ2) is 9.18. The van der Waals surface area contributed by atoms with Gasteiger partial charge in [0.1, 0.15) is 16.3 Å². The Morgan fingerprint density at radius 1 is 1.06 bits per heavy atom. The van der Waals surface area contributed by atoms with Gasteiger partial charge in [-0.25, -0.2) is 14.6 Å². The summed E-state index contributed by atoms with van der Waals surface area (Å²) in [6.07, 6.45) is 3.78. The first-order valence-electron chi connectivity index (χ1n) is 10.9. The quantitative estimate of drug-likeness (QED) is 0.348. The minimum Gasteiger partial charge on any atom is -0.495 e. The van der Waals surface area contributed by atoms with E-state index in [1.165, 1.54) is 25.6 Å². The number of carbonyl (C=O) groups excluding carboxylic acids is 2. The molecule has 0 fully saturated rings. The molecule has 2 amide bonds. The molecule has 1 aliphatic rings. The molecule has 9 heteroatoms. The zero-order valence-corrected chi connectivity index (χ0v) is 19.6. The molecule has 2 heterocycles. The van der Waals surface area contributed by atoms with Crippen LogP contribution in [-0.4, -0.2) is 31.2 Å². The zero-order chi connectivity index (χ0) is 23.7. The first-order chi connectivity index (χ1) is 16.6. The lowest BCUT2D eigenvalue weighted by atomic mass is 9.95. The SMILES string of the molecule is COC(=O)c1c(NC(=O)Nc2cc(-c3nc4ccccc4o3)ccc2OC)sc2c1CCCC2. The number of benzene rings is 2. The van der Waals surface area contributed by atoms with Crippen LogP contribution in [0.25, 0.3) is 22.6 Å². The number of methoxy groups -OCH3 is 2. The van der Waals surface area contributed by atoms with Crippen LogP contribution < -0.4 is 15.4 Å². The van der Waals surface area contributed by atoms with E-state index < -0.39 is 12.0 Å². The van der Waals surface area contributed by atoms with Gasteiger partial charge in [0.15, 0.2) is 5.58 Å². The minimum atomic E-state index is -0.489. The van der Waals surface area contributed by atoms with E-state index in [1.807, 2.05) is 30.3 Å². The van der Waals surface area contributed by atoms with E-state index in [0.29, 0.717) is 39.0 Å². The number of aromatic nitrogens is 1. The van der Waals surface area contributed by atoms with Crippen LogP contribution in [-0.2, 0) is 17.6 Å². The number of esters is 1. The van der Waals surface area contributed by atoms with Crippen LogP contribution in [0.15, 0.2) is 46.9 Å². The van der Waals surface area contributed by atoms with E-state index in [4.69, 9.17) is 13.9 Å². The maximum atomic E-state index is 13.0. The Hall–Kier alpha value is -3.85. The van der Waals surface area contributed by atoms with E-state index in [9.17, 15) is 9.59 Å². The van der Waals surface area contributed by atoms with Gasteiger partial charge in [-0.3, -0.25) is 5.32 Å². The molecule has 1 aliphatic carbocycles. The summed E-state index contributed by atoms with van der Waals surface area (Å²) < 4.78 is 16.3. The number of hydrogen-bond acceptors (Lipinski definition) is 7. The maximum absolute atomic E-state index is 13.0. The lowest BCUT2D eigenvalue weighted by Gasteiger charge is -2.13. The molecule has 0 saturated carbocycles. The molecule has 174 valence electrons. The highest BCUT2D eigenvalue weighted by Gasteiger charge is 2.27. The predicted molar refractivity (Wildman–Crippen MR) is 131 cm³/mol. The molecule has 2 aromatic carbocycles. The summed E-state index contributed by atoms with van der Waals surface area (Å²) in [5.74, 6) is 0.477. The van der Waals surface area contributed by atoms with Crippen molar-refractivity contribution in [2.24, 2.45) is 0 Å². The fraction of sp³-hybridized carbons (Fsp3) is 0.240. The maximum Gasteiger partial charge on any atom is 0.341 e. The number of aryl methyl sites for hydroxylation is 1. The van der Waals surface area contributed by atoms with Gasteiger partial charge in [0.2, 0.25) is 5.89 Å². The molecule has 0 atom stereocenters. The Morgan fingerprint density at radius 3 is 2.68 bits per heavy atom. The third-order valence-electron chi connectivity index (χ3n) is 5.78. The second-order valence-electron chi connectivity index (χ2n) is 7.89. The molecule has 5 rings (SSSR count). The van der Waals surface area contributed by atoms with Gasteiger partial charge in [0.05, 0.1) is 25.5 Å². The Labute approximate surface area is 199 Å². The number of nitrogens with one attached hydrogen (secondary N) is 2. The number of nitrogens with zero attached hydrogens (tertiary/aromatic N) is 1. The molecule has 0 saturated heterocycles. The fourth-order valence-electron chi connectivity index (χ4n) is 4.16. The molecule has 8 nitrogen and oxygen atoms in total. The third kappa shape index (κ3) is 4.10. The van der Waals surface area contributed by atoms with Crippen LogP contribution in [0.4, 0.5) is 15.5 Å². The summed E-state index contributed by atoms with van der Waals surface area (Å²) in [7, 11) is 2.88. The number of fused-ring (bicyclic) bond motifs is 2. The normalized spacial score (nSPS) is 12.8. The zero-order valence-electron chi connectivity index (χ0n) is 18.8. The van der Waals surface area contributed by atoms with E-state index in [-0.39, 0.29) is 0 Å². The lowest BCUT2D eigenvalue weighted by Crippen LogP contribution is -2.21. The van der Waals surface area contributed by atoms with E-state index in [0.717, 1.165) is 41.6 Å². The Kier molecular flexibility index (Phi) is 5.93. The molecule has 4 aromatic rings. The van der Waals surface area contributed by atoms with Crippen molar-refractivity contribution in [3.8, 4) is 17.2 Å². The highest BCUT2D eigenvalue weighted by atomic mass is 32.1. The van der Waals surface area contributed by atoms with Gasteiger partial charge in [0, 0.05) is 10.4 Å². The van der Waals surface area contributed by atoms with Crippen LogP contribution in [0.2, 0.25) is 0 Å². The highest BCUT2D eigenvalue weighted by molar-refractivity contribution is 7.17. The molecule has 0 spiro atoms. The number of hydrogen-bond donors (Lipinski definition) is 2. The van der Waals surface area contributed by atoms with Crippen molar-refractivity contribution in [2.75, 3.05) is 24.9 Å². The van der Waals surface area contributed by atoms with E-state index in [1.54, 1.807) is 12.1 Å². The largest absolute Gasteiger partial charge is 0.495 e. The Morgan fingerprint density at radius 2 is 1.88 bits per heavy atom. The van der Waals surface area contributed by atoms with Gasteiger partial charge in [-0.1, -0.05) is 12.1 Å². The minimum absolute atomic E-state index is 0.436. The molecular formula is C25H23N3O5S. The van der Waals surface area contributed by atoms with Gasteiger partial charge in [-0.05, 0) is 61.6 Å². The summed E-state index contributed by atoms with van der Waals surface area (Å²) in [4.78, 5) is 31.1. The first-order valence-corrected chi connectivity index (χ1v) is 11.7. The molecule has 0 radical (unpaired) electrons. The molecule has 2 aromatic heterocycles. The number of rotatable bonds is 5. The van der Waals surface area contributed by atoms with Crippen molar-refractivity contribution in [1.29, 1.82) is 0 Å². The number of ether oxygens (including phenoxy) is 2. The smallest absolute Gasteiger partial charge is 0.341 e. The summed E-state index contributed by atoms with van der Waals surface area (Å²) in [6, 6.07) is 12.3. The fourth-order valence-corrected chi connectivity index (χ4v) is 5.44. The number of urea groups is 1. The second-order valence-corrected chi connectivity index (χ2v) is 8.99. The van der Waals surface area contributed by atoms with Crippen molar-refractivity contribution >= 4 is 45.1 Å². The number of oxazole rings is 1. The third-order valence-corrected chi connectivity index (χ3v) is 6.98. The van der Waals surface area contributed by atoms with Crippen molar-refractivity contribution in [1.82, 2.24) is 4.98 Å². The Balaban J connectivity index is 1.42. The van der Waals surface area contributed by atoms with Gasteiger partial charge < -0.3 is 19.2 Å². The van der Waals surface area contributed by atoms with Crippen molar-refractivity contribution in [3.05, 3.63) is 58.5 Å². The summed E-state index contributed by atoms with van der Waals surface area (Å²) >= 11 is 1.43. The first kappa shape index (κ1) is 22.0. The van der Waals surface area contributed by atoms with Gasteiger partial charge in [-0.2, -0.15) is 0 Å². The lowest BCUT2D eigenvalue weighted by molar-refractivity contribution is 0.0601. The monoisotopic (exact) mass is 477 g/mol. The summed E-state index contributed by atoms with van der Waals surface area (Å²) in [6.45, 7) is 0. The van der Waals surface area contributed by atoms with Crippen molar-refractivity contribution in [2.45, 2.75) is 25.7 Å². The number of carbonyl (C=O) groups is 2. The molecular weight excluding hydrogens is 454 g/mol. The van der Waals surface area contributed by atoms with Gasteiger partial charge >= 0.3 is 12.0 Å². The van der Waals surface area contributed by atoms with Crippen LogP contribution >= 0.6 is 11.3 Å². The average molecular weight is 478 g/mol. The van der Waals surface area contributed by atoms with E-state index in [2.05, 4.69) is 15.6 Å². The standard InChI is InChI=1S/C25H23N3O5S/c1-31-18-12-11-14(22-26-16-8-4-5-9-19(16)33-22)13-17(18)27-25(30)28-23-21(24(29)32-2)15-7-3-6-10-20(15)34-23/h4-5,8-9,11-13H,3,6-7,10H2,1-2H3,(H2,27,28,30). The molecule has 0 aliphatic heterocycles. The predicted octanol–water partition coefficient (Wildman–Crippen LogP) is 5.87. The van der Waals surface area contributed by atoms with Crippen LogP contribution in [0.1, 0.15) is 33.6 Å². The van der Waals surface area contributed by atoms with Crippen molar-refractivity contribution < 1.29 is 23.5 Å². The number of thiophene rings is 1. The number of para-hydroxylation sites is 2.